The molecule has 0 aliphatic carbocycles. The number of halogens is 1. The maximum atomic E-state index is 3.20. The summed E-state index contributed by atoms with van der Waals surface area (Å²) in [7, 11) is 4.05. The molecule has 1 N–H and O–H groups in total. The van der Waals surface area contributed by atoms with Gasteiger partial charge in [-0.05, 0) is 23.9 Å². The number of hydrogen-bond acceptors (Lipinski definition) is 2. The summed E-state index contributed by atoms with van der Waals surface area (Å²) in [5, 5.41) is 3.20. The highest BCUT2D eigenvalue weighted by atomic mass is 127. The van der Waals surface area contributed by atoms with Gasteiger partial charge in [0.15, 0.2) is 0 Å². The molecule has 3 heteroatoms. The minimum Gasteiger partial charge on any atom is -0.388 e. The van der Waals surface area contributed by atoms with E-state index in [1.807, 2.05) is 7.05 Å². The van der Waals surface area contributed by atoms with Gasteiger partial charge >= 0.3 is 0 Å². The van der Waals surface area contributed by atoms with Crippen LogP contribution in [-0.2, 0) is 6.54 Å². The normalized spacial score (nSPS) is 13.1. The number of hydrogen-bond donors (Lipinski definition) is 1. The summed E-state index contributed by atoms with van der Waals surface area (Å²) in [6, 6.07) is 6.38. The smallest absolute Gasteiger partial charge is 0.0427 e. The fraction of sp³-hybridized carbons (Fsp3) is 0.273. The summed E-state index contributed by atoms with van der Waals surface area (Å²) in [6.07, 6.45) is 4.27. The summed E-state index contributed by atoms with van der Waals surface area (Å²) in [5.74, 6) is 0. The molecule has 0 fully saturated rings. The van der Waals surface area contributed by atoms with Crippen LogP contribution in [-0.4, -0.2) is 19.0 Å². The number of benzene rings is 1. The van der Waals surface area contributed by atoms with Crippen LogP contribution in [0.2, 0.25) is 0 Å². The van der Waals surface area contributed by atoms with Gasteiger partial charge in [-0.3, -0.25) is 0 Å². The molecule has 0 aromatic heterocycles. The van der Waals surface area contributed by atoms with Crippen molar-refractivity contribution in [1.29, 1.82) is 0 Å². The summed E-state index contributed by atoms with van der Waals surface area (Å²) >= 11 is 0. The largest absolute Gasteiger partial charge is 0.388 e. The number of anilines is 1. The van der Waals surface area contributed by atoms with Crippen LogP contribution in [0.25, 0.3) is 6.08 Å². The van der Waals surface area contributed by atoms with E-state index in [2.05, 4.69) is 47.7 Å². The monoisotopic (exact) mass is 302 g/mol. The molecule has 1 aromatic rings. The highest BCUT2D eigenvalue weighted by Gasteiger charge is 2.09. The van der Waals surface area contributed by atoms with E-state index < -0.39 is 0 Å². The van der Waals surface area contributed by atoms with Crippen LogP contribution in [0, 0.1) is 0 Å². The molecular weight excluding hydrogens is 287 g/mol. The molecule has 1 heterocycles. The van der Waals surface area contributed by atoms with E-state index in [4.69, 9.17) is 0 Å². The van der Waals surface area contributed by atoms with Gasteiger partial charge in [0.2, 0.25) is 0 Å². The van der Waals surface area contributed by atoms with Crippen molar-refractivity contribution in [1.82, 2.24) is 4.90 Å². The van der Waals surface area contributed by atoms with E-state index >= 15 is 0 Å². The molecule has 0 spiro atoms. The second kappa shape index (κ2) is 4.68. The van der Waals surface area contributed by atoms with Gasteiger partial charge in [-0.2, -0.15) is 0 Å². The first-order valence-corrected chi connectivity index (χ1v) is 4.49. The number of rotatable bonds is 1. The summed E-state index contributed by atoms with van der Waals surface area (Å²) in [5.41, 5.74) is 3.92. The highest BCUT2D eigenvalue weighted by Crippen LogP contribution is 2.25. The van der Waals surface area contributed by atoms with Crippen molar-refractivity contribution in [3.8, 4) is 0 Å². The standard InChI is InChI=1S/C11H14N2.HI/c1-12-11-5-3-4-9-8-13(2)7-6-10(9)11;/h3-7,12H,8H2,1-2H3;1H. The van der Waals surface area contributed by atoms with Crippen LogP contribution in [0.1, 0.15) is 11.1 Å². The van der Waals surface area contributed by atoms with Gasteiger partial charge in [0.05, 0.1) is 0 Å². The Morgan fingerprint density at radius 3 is 2.86 bits per heavy atom. The second-order valence-electron chi connectivity index (χ2n) is 3.36. The molecule has 76 valence electrons. The lowest BCUT2D eigenvalue weighted by atomic mass is 10.0. The Kier molecular flexibility index (Phi) is 3.80. The third kappa shape index (κ3) is 2.03. The van der Waals surface area contributed by atoms with E-state index in [0.717, 1.165) is 6.54 Å². The van der Waals surface area contributed by atoms with Crippen LogP contribution in [0.3, 0.4) is 0 Å². The molecule has 2 rings (SSSR count). The molecule has 0 saturated carbocycles. The Labute approximate surface area is 102 Å². The van der Waals surface area contributed by atoms with Crippen molar-refractivity contribution < 1.29 is 0 Å². The first kappa shape index (κ1) is 11.4. The average molecular weight is 302 g/mol. The number of fused-ring (bicyclic) bond motifs is 1. The van der Waals surface area contributed by atoms with Gasteiger partial charge in [0, 0.05) is 31.9 Å². The SMILES string of the molecule is CNc1cccc2c1C=CN(C)C2.I. The minimum atomic E-state index is 0. The van der Waals surface area contributed by atoms with Gasteiger partial charge < -0.3 is 10.2 Å². The first-order chi connectivity index (χ1) is 6.31. The van der Waals surface area contributed by atoms with Crippen LogP contribution >= 0.6 is 24.0 Å². The topological polar surface area (TPSA) is 15.3 Å². The van der Waals surface area contributed by atoms with E-state index in [1.165, 1.54) is 16.8 Å². The Morgan fingerprint density at radius 2 is 2.14 bits per heavy atom. The maximum absolute atomic E-state index is 3.20. The minimum absolute atomic E-state index is 0. The molecule has 0 saturated heterocycles. The van der Waals surface area contributed by atoms with Crippen molar-refractivity contribution in [2.75, 3.05) is 19.4 Å². The molecule has 1 aliphatic heterocycles. The Bertz CT molecular complexity index is 347. The van der Waals surface area contributed by atoms with E-state index in [9.17, 15) is 0 Å². The maximum Gasteiger partial charge on any atom is 0.0427 e. The Hall–Kier alpha value is -0.710. The zero-order valence-corrected chi connectivity index (χ0v) is 10.8. The van der Waals surface area contributed by atoms with Gasteiger partial charge in [-0.25, -0.2) is 0 Å². The van der Waals surface area contributed by atoms with E-state index in [-0.39, 0.29) is 24.0 Å². The molecule has 0 unspecified atom stereocenters. The summed E-state index contributed by atoms with van der Waals surface area (Å²) in [6.45, 7) is 1.00. The summed E-state index contributed by atoms with van der Waals surface area (Å²) < 4.78 is 0. The Balaban J connectivity index is 0.000000980. The predicted molar refractivity (Wildman–Crippen MR) is 71.9 cm³/mol. The predicted octanol–water partition coefficient (Wildman–Crippen LogP) is 2.76. The fourth-order valence-electron chi connectivity index (χ4n) is 1.69. The average Bonchev–Trinajstić information content (AvgIpc) is 2.16. The lowest BCUT2D eigenvalue weighted by Gasteiger charge is -2.22. The molecule has 0 radical (unpaired) electrons. The van der Waals surface area contributed by atoms with Crippen molar-refractivity contribution in [2.45, 2.75) is 6.54 Å². The first-order valence-electron chi connectivity index (χ1n) is 4.49. The van der Waals surface area contributed by atoms with Gasteiger partial charge in [-0.15, -0.1) is 24.0 Å². The lowest BCUT2D eigenvalue weighted by molar-refractivity contribution is 0.448. The molecule has 1 aliphatic rings. The number of nitrogens with zero attached hydrogens (tertiary/aromatic N) is 1. The van der Waals surface area contributed by atoms with Crippen molar-refractivity contribution >= 4 is 35.7 Å². The third-order valence-corrected chi connectivity index (χ3v) is 2.38. The van der Waals surface area contributed by atoms with Crippen molar-refractivity contribution in [3.05, 3.63) is 35.5 Å². The number of nitrogens with one attached hydrogen (secondary N) is 1. The van der Waals surface area contributed by atoms with Crippen molar-refractivity contribution in [2.24, 2.45) is 0 Å². The van der Waals surface area contributed by atoms with Crippen LogP contribution in [0.4, 0.5) is 5.69 Å². The van der Waals surface area contributed by atoms with Gasteiger partial charge in [0.25, 0.3) is 0 Å². The van der Waals surface area contributed by atoms with Crippen LogP contribution in [0.15, 0.2) is 24.4 Å². The molecule has 14 heavy (non-hydrogen) atoms. The van der Waals surface area contributed by atoms with Crippen LogP contribution < -0.4 is 5.32 Å². The van der Waals surface area contributed by atoms with E-state index in [1.54, 1.807) is 0 Å². The molecular formula is C11H15IN2. The molecule has 2 nitrogen and oxygen atoms in total. The fourth-order valence-corrected chi connectivity index (χ4v) is 1.69. The van der Waals surface area contributed by atoms with Crippen molar-refractivity contribution in [3.63, 3.8) is 0 Å². The Morgan fingerprint density at radius 1 is 1.36 bits per heavy atom. The quantitative estimate of drug-likeness (QED) is 0.803. The molecule has 1 aromatic carbocycles. The van der Waals surface area contributed by atoms with Gasteiger partial charge in [-0.1, -0.05) is 12.1 Å². The second-order valence-corrected chi connectivity index (χ2v) is 3.36. The van der Waals surface area contributed by atoms with Crippen LogP contribution in [0.5, 0.6) is 0 Å². The van der Waals surface area contributed by atoms with Gasteiger partial charge in [0.1, 0.15) is 0 Å². The zero-order valence-electron chi connectivity index (χ0n) is 8.45. The lowest BCUT2D eigenvalue weighted by Crippen LogP contribution is -2.15. The highest BCUT2D eigenvalue weighted by molar-refractivity contribution is 14.0. The molecule has 0 bridgehead atoms. The molecule has 0 amide bonds. The summed E-state index contributed by atoms with van der Waals surface area (Å²) in [4.78, 5) is 2.18. The van der Waals surface area contributed by atoms with E-state index in [0.29, 0.717) is 0 Å². The third-order valence-electron chi connectivity index (χ3n) is 2.38. The zero-order chi connectivity index (χ0) is 9.26. The molecule has 0 atom stereocenters.